The SMILES string of the molecule is Cc1cc(OCC(=O)NCCNC(=O)c2nc(Cn3ccc([N+](=O)[O-])n3)no2)cc(C)c1Cl. The molecule has 14 heteroatoms. The Hall–Kier alpha value is -4.00. The van der Waals surface area contributed by atoms with Crippen LogP contribution in [0.25, 0.3) is 0 Å². The van der Waals surface area contributed by atoms with E-state index in [4.69, 9.17) is 20.9 Å². The second-order valence-electron chi connectivity index (χ2n) is 6.91. The Bertz CT molecular complexity index is 1150. The van der Waals surface area contributed by atoms with Crippen LogP contribution < -0.4 is 15.4 Å². The van der Waals surface area contributed by atoms with Gasteiger partial charge in [0.05, 0.1) is 17.4 Å². The first-order valence-electron chi connectivity index (χ1n) is 9.68. The number of nitro groups is 1. The Labute approximate surface area is 192 Å². The highest BCUT2D eigenvalue weighted by atomic mass is 35.5. The van der Waals surface area contributed by atoms with Crippen LogP contribution in [0.15, 0.2) is 28.9 Å². The van der Waals surface area contributed by atoms with Crippen LogP contribution in [0.1, 0.15) is 27.6 Å². The van der Waals surface area contributed by atoms with Crippen molar-refractivity contribution in [2.75, 3.05) is 19.7 Å². The fraction of sp³-hybridized carbons (Fsp3) is 0.316. The molecule has 0 fully saturated rings. The van der Waals surface area contributed by atoms with Gasteiger partial charge in [-0.2, -0.15) is 9.67 Å². The molecule has 2 heterocycles. The smallest absolute Gasteiger partial charge is 0.389 e. The summed E-state index contributed by atoms with van der Waals surface area (Å²) in [6, 6.07) is 4.72. The van der Waals surface area contributed by atoms with Gasteiger partial charge in [-0.05, 0) is 42.0 Å². The normalized spacial score (nSPS) is 10.6. The van der Waals surface area contributed by atoms with Crippen molar-refractivity contribution < 1.29 is 23.8 Å². The number of rotatable bonds is 10. The van der Waals surface area contributed by atoms with Crippen molar-refractivity contribution in [2.24, 2.45) is 0 Å². The number of nitrogens with zero attached hydrogens (tertiary/aromatic N) is 5. The number of halogens is 1. The lowest BCUT2D eigenvalue weighted by Crippen LogP contribution is -2.36. The van der Waals surface area contributed by atoms with E-state index < -0.39 is 10.8 Å². The Morgan fingerprint density at radius 1 is 1.24 bits per heavy atom. The maximum Gasteiger partial charge on any atom is 0.389 e. The lowest BCUT2D eigenvalue weighted by atomic mass is 10.1. The molecule has 2 N–H and O–H groups in total. The van der Waals surface area contributed by atoms with Gasteiger partial charge in [0.2, 0.25) is 0 Å². The Morgan fingerprint density at radius 3 is 2.61 bits per heavy atom. The van der Waals surface area contributed by atoms with Crippen LogP contribution in [-0.2, 0) is 11.3 Å². The van der Waals surface area contributed by atoms with Gasteiger partial charge in [-0.3, -0.25) is 9.59 Å². The van der Waals surface area contributed by atoms with Crippen LogP contribution in [0.2, 0.25) is 5.02 Å². The van der Waals surface area contributed by atoms with E-state index in [2.05, 4.69) is 25.9 Å². The number of amides is 2. The molecule has 3 aromatic rings. The molecule has 0 saturated heterocycles. The van der Waals surface area contributed by atoms with E-state index in [1.807, 2.05) is 13.8 Å². The molecule has 13 nitrogen and oxygen atoms in total. The molecule has 0 aliphatic carbocycles. The van der Waals surface area contributed by atoms with E-state index in [0.29, 0.717) is 10.8 Å². The van der Waals surface area contributed by atoms with E-state index in [-0.39, 0.29) is 49.7 Å². The largest absolute Gasteiger partial charge is 0.484 e. The number of ether oxygens (including phenoxy) is 1. The first-order valence-corrected chi connectivity index (χ1v) is 10.1. The summed E-state index contributed by atoms with van der Waals surface area (Å²) in [6.45, 7) is 3.78. The van der Waals surface area contributed by atoms with Gasteiger partial charge in [0.15, 0.2) is 12.4 Å². The number of benzene rings is 1. The molecule has 0 atom stereocenters. The Morgan fingerprint density at radius 2 is 1.94 bits per heavy atom. The minimum atomic E-state index is -0.629. The average Bonchev–Trinajstić information content (AvgIpc) is 3.43. The minimum absolute atomic E-state index is 0.00660. The van der Waals surface area contributed by atoms with Crippen molar-refractivity contribution >= 4 is 29.2 Å². The average molecular weight is 478 g/mol. The van der Waals surface area contributed by atoms with E-state index in [9.17, 15) is 19.7 Å². The van der Waals surface area contributed by atoms with Crippen LogP contribution in [-0.4, -0.2) is 56.4 Å². The van der Waals surface area contributed by atoms with Gasteiger partial charge >= 0.3 is 17.6 Å². The topological polar surface area (TPSA) is 167 Å². The molecule has 0 radical (unpaired) electrons. The van der Waals surface area contributed by atoms with Crippen molar-refractivity contribution in [3.63, 3.8) is 0 Å². The van der Waals surface area contributed by atoms with Crippen molar-refractivity contribution in [1.29, 1.82) is 0 Å². The lowest BCUT2D eigenvalue weighted by molar-refractivity contribution is -0.389. The molecule has 0 aliphatic rings. The summed E-state index contributed by atoms with van der Waals surface area (Å²) in [6.07, 6.45) is 1.38. The summed E-state index contributed by atoms with van der Waals surface area (Å²) in [5, 5.41) is 23.8. The van der Waals surface area contributed by atoms with Gasteiger partial charge in [-0.25, -0.2) is 0 Å². The van der Waals surface area contributed by atoms with E-state index in [0.717, 1.165) is 11.1 Å². The third kappa shape index (κ3) is 6.49. The van der Waals surface area contributed by atoms with Crippen LogP contribution in [0, 0.1) is 24.0 Å². The molecule has 2 aromatic heterocycles. The Kier molecular flexibility index (Phi) is 7.56. The maximum atomic E-state index is 12.1. The van der Waals surface area contributed by atoms with Crippen molar-refractivity contribution in [1.82, 2.24) is 30.6 Å². The van der Waals surface area contributed by atoms with E-state index >= 15 is 0 Å². The van der Waals surface area contributed by atoms with Gasteiger partial charge in [-0.1, -0.05) is 16.8 Å². The molecule has 3 rings (SSSR count). The molecule has 0 spiro atoms. The second kappa shape index (κ2) is 10.5. The highest BCUT2D eigenvalue weighted by molar-refractivity contribution is 6.32. The van der Waals surface area contributed by atoms with Crippen molar-refractivity contribution in [2.45, 2.75) is 20.4 Å². The first-order chi connectivity index (χ1) is 15.7. The number of hydrogen-bond donors (Lipinski definition) is 2. The summed E-state index contributed by atoms with van der Waals surface area (Å²) < 4.78 is 11.6. The molecule has 0 unspecified atom stereocenters. The Balaban J connectivity index is 1.38. The highest BCUT2D eigenvalue weighted by Crippen LogP contribution is 2.25. The van der Waals surface area contributed by atoms with Crippen LogP contribution >= 0.6 is 11.6 Å². The van der Waals surface area contributed by atoms with Gasteiger partial charge in [0, 0.05) is 18.1 Å². The summed E-state index contributed by atoms with van der Waals surface area (Å²) in [5.41, 5.74) is 1.70. The van der Waals surface area contributed by atoms with Crippen LogP contribution in [0.5, 0.6) is 5.75 Å². The molecule has 33 heavy (non-hydrogen) atoms. The third-order valence-electron chi connectivity index (χ3n) is 4.29. The number of hydrogen-bond acceptors (Lipinski definition) is 9. The van der Waals surface area contributed by atoms with Gasteiger partial charge < -0.3 is 30.0 Å². The molecule has 1 aromatic carbocycles. The molecule has 2 amide bonds. The number of carbonyl (C=O) groups excluding carboxylic acids is 2. The zero-order chi connectivity index (χ0) is 24.0. The zero-order valence-electron chi connectivity index (χ0n) is 17.7. The fourth-order valence-corrected chi connectivity index (χ4v) is 2.84. The van der Waals surface area contributed by atoms with Gasteiger partial charge in [0.1, 0.15) is 12.3 Å². The fourth-order valence-electron chi connectivity index (χ4n) is 2.73. The second-order valence-corrected chi connectivity index (χ2v) is 7.29. The maximum absolute atomic E-state index is 12.1. The summed E-state index contributed by atoms with van der Waals surface area (Å²) in [5.74, 6) is -0.927. The predicted molar refractivity (Wildman–Crippen MR) is 114 cm³/mol. The molecule has 0 aliphatic heterocycles. The number of aromatic nitrogens is 4. The molecular formula is C19H20ClN7O6. The highest BCUT2D eigenvalue weighted by Gasteiger charge is 2.17. The van der Waals surface area contributed by atoms with Crippen molar-refractivity contribution in [3.05, 3.63) is 62.4 Å². The standard InChI is InChI=1S/C19H20ClN7O6/c1-11-7-13(8-12(2)17(11)20)32-10-16(28)21-4-5-22-18(29)19-23-14(25-33-19)9-26-6-3-15(24-26)27(30)31/h3,6-8H,4-5,9-10H2,1-2H3,(H,21,28)(H,22,29). The third-order valence-corrected chi connectivity index (χ3v) is 4.89. The zero-order valence-corrected chi connectivity index (χ0v) is 18.5. The van der Waals surface area contributed by atoms with Crippen LogP contribution in [0.3, 0.4) is 0 Å². The first kappa shape index (κ1) is 23.7. The molecule has 174 valence electrons. The van der Waals surface area contributed by atoms with Gasteiger partial charge in [0.25, 0.3) is 5.91 Å². The number of carbonyl (C=O) groups is 2. The summed E-state index contributed by atoms with van der Waals surface area (Å²) in [7, 11) is 0. The molecule has 0 saturated carbocycles. The minimum Gasteiger partial charge on any atom is -0.484 e. The summed E-state index contributed by atoms with van der Waals surface area (Å²) in [4.78, 5) is 38.0. The molecular weight excluding hydrogens is 458 g/mol. The van der Waals surface area contributed by atoms with E-state index in [1.54, 1.807) is 12.1 Å². The molecule has 0 bridgehead atoms. The summed E-state index contributed by atoms with van der Waals surface area (Å²) >= 11 is 6.11. The lowest BCUT2D eigenvalue weighted by Gasteiger charge is -2.10. The van der Waals surface area contributed by atoms with Gasteiger partial charge in [-0.15, -0.1) is 0 Å². The monoisotopic (exact) mass is 477 g/mol. The number of aryl methyl sites for hydroxylation is 2. The number of nitrogens with one attached hydrogen (secondary N) is 2. The van der Waals surface area contributed by atoms with E-state index in [1.165, 1.54) is 16.9 Å². The quantitative estimate of drug-likeness (QED) is 0.249. The van der Waals surface area contributed by atoms with Crippen molar-refractivity contribution in [3.8, 4) is 5.75 Å². The van der Waals surface area contributed by atoms with Crippen LogP contribution in [0.4, 0.5) is 5.82 Å². The predicted octanol–water partition coefficient (Wildman–Crippen LogP) is 1.42.